The molecule has 0 atom stereocenters. The van der Waals surface area contributed by atoms with Crippen LogP contribution >= 0.6 is 0 Å². The van der Waals surface area contributed by atoms with Crippen LogP contribution in [0.2, 0.25) is 0 Å². The molecule has 0 bridgehead atoms. The van der Waals surface area contributed by atoms with Crippen LogP contribution in [0.3, 0.4) is 0 Å². The molecule has 0 amide bonds. The second-order valence-corrected chi connectivity index (χ2v) is 7.88. The van der Waals surface area contributed by atoms with Gasteiger partial charge in [0.25, 0.3) is 0 Å². The number of aryl methyl sites for hydroxylation is 2. The largest absolute Gasteiger partial charge is 0.355 e. The first kappa shape index (κ1) is 18.3. The van der Waals surface area contributed by atoms with Crippen LogP contribution in [-0.4, -0.2) is 55.8 Å². The normalized spacial score (nSPS) is 19.1. The molecular weight excluding hydrogens is 338 g/mol. The Labute approximate surface area is 161 Å². The molecule has 2 aromatic heterocycles. The van der Waals surface area contributed by atoms with Crippen molar-refractivity contribution < 1.29 is 0 Å². The summed E-state index contributed by atoms with van der Waals surface area (Å²) in [6, 6.07) is 0. The summed E-state index contributed by atoms with van der Waals surface area (Å²) in [7, 11) is 0. The molecule has 0 N–H and O–H groups in total. The minimum absolute atomic E-state index is 0.485. The molecule has 146 valence electrons. The van der Waals surface area contributed by atoms with Crippen molar-refractivity contribution in [2.75, 3.05) is 31.1 Å². The molecule has 2 aromatic rings. The molecule has 0 spiro atoms. The molecule has 4 heterocycles. The summed E-state index contributed by atoms with van der Waals surface area (Å²) in [5.41, 5.74) is 2.00. The average Bonchev–Trinajstić information content (AvgIpc) is 3.34. The van der Waals surface area contributed by atoms with Crippen LogP contribution in [0.1, 0.15) is 61.6 Å². The maximum Gasteiger partial charge on any atom is 0.150 e. The summed E-state index contributed by atoms with van der Waals surface area (Å²) in [5.74, 6) is 3.84. The Morgan fingerprint density at radius 2 is 1.78 bits per heavy atom. The van der Waals surface area contributed by atoms with Gasteiger partial charge in [-0.2, -0.15) is 0 Å². The van der Waals surface area contributed by atoms with Crippen LogP contribution < -0.4 is 4.90 Å². The third kappa shape index (κ3) is 3.83. The third-order valence-corrected chi connectivity index (χ3v) is 5.95. The van der Waals surface area contributed by atoms with Gasteiger partial charge in [0.2, 0.25) is 0 Å². The van der Waals surface area contributed by atoms with Gasteiger partial charge in [-0.05, 0) is 59.5 Å². The summed E-state index contributed by atoms with van der Waals surface area (Å²) in [6.45, 7) is 12.6. The van der Waals surface area contributed by atoms with E-state index < -0.39 is 0 Å². The minimum atomic E-state index is 0.485. The van der Waals surface area contributed by atoms with Crippen molar-refractivity contribution in [3.63, 3.8) is 0 Å². The van der Waals surface area contributed by atoms with Gasteiger partial charge in [0, 0.05) is 31.7 Å². The number of piperidine rings is 1. The van der Waals surface area contributed by atoms with Gasteiger partial charge in [0.15, 0.2) is 0 Å². The van der Waals surface area contributed by atoms with Crippen LogP contribution in [-0.2, 0) is 13.1 Å². The smallest absolute Gasteiger partial charge is 0.150 e. The fourth-order valence-electron chi connectivity index (χ4n) is 4.43. The molecule has 2 aliphatic rings. The van der Waals surface area contributed by atoms with E-state index in [9.17, 15) is 0 Å². The van der Waals surface area contributed by atoms with E-state index in [0.29, 0.717) is 5.92 Å². The topological polar surface area (TPSA) is 63.0 Å². The molecule has 2 saturated heterocycles. The lowest BCUT2D eigenvalue weighted by Gasteiger charge is -2.33. The van der Waals surface area contributed by atoms with Gasteiger partial charge in [0.1, 0.15) is 17.5 Å². The van der Waals surface area contributed by atoms with Gasteiger partial charge in [-0.25, -0.2) is 4.98 Å². The van der Waals surface area contributed by atoms with Gasteiger partial charge >= 0.3 is 0 Å². The average molecular weight is 370 g/mol. The molecular formula is C20H31N7. The summed E-state index contributed by atoms with van der Waals surface area (Å²) < 4.78 is 2.36. The van der Waals surface area contributed by atoms with E-state index in [2.05, 4.69) is 36.5 Å². The molecule has 0 unspecified atom stereocenters. The Kier molecular flexibility index (Phi) is 5.38. The zero-order valence-electron chi connectivity index (χ0n) is 16.9. The van der Waals surface area contributed by atoms with Crippen molar-refractivity contribution in [3.8, 4) is 0 Å². The fraction of sp³-hybridized carbons (Fsp3) is 0.700. The van der Waals surface area contributed by atoms with Gasteiger partial charge < -0.3 is 9.47 Å². The first-order chi connectivity index (χ1) is 13.2. The van der Waals surface area contributed by atoms with Crippen LogP contribution in [0, 0.1) is 13.8 Å². The third-order valence-electron chi connectivity index (χ3n) is 5.95. The van der Waals surface area contributed by atoms with E-state index in [-0.39, 0.29) is 0 Å². The number of anilines is 1. The predicted octanol–water partition coefficient (Wildman–Crippen LogP) is 2.68. The zero-order chi connectivity index (χ0) is 18.8. The molecule has 0 aromatic carbocycles. The van der Waals surface area contributed by atoms with E-state index >= 15 is 0 Å². The molecule has 4 rings (SSSR count). The lowest BCUT2D eigenvalue weighted by molar-refractivity contribution is 0.315. The first-order valence-electron chi connectivity index (χ1n) is 10.3. The van der Waals surface area contributed by atoms with E-state index in [1.54, 1.807) is 0 Å². The van der Waals surface area contributed by atoms with Crippen molar-refractivity contribution in [1.82, 2.24) is 29.6 Å². The van der Waals surface area contributed by atoms with Gasteiger partial charge in [-0.15, -0.1) is 10.2 Å². The van der Waals surface area contributed by atoms with E-state index in [4.69, 9.17) is 4.98 Å². The van der Waals surface area contributed by atoms with E-state index in [1.165, 1.54) is 31.8 Å². The number of aromatic nitrogens is 5. The van der Waals surface area contributed by atoms with Crippen LogP contribution in [0.5, 0.6) is 0 Å². The Balaban J connectivity index is 1.45. The quantitative estimate of drug-likeness (QED) is 0.807. The Hall–Kier alpha value is -2.02. The molecule has 0 radical (unpaired) electrons. The lowest BCUT2D eigenvalue weighted by Crippen LogP contribution is -2.35. The fourth-order valence-corrected chi connectivity index (χ4v) is 4.43. The number of likely N-dealkylation sites (tertiary alicyclic amines) is 1. The number of hydrogen-bond acceptors (Lipinski definition) is 6. The van der Waals surface area contributed by atoms with Gasteiger partial charge in [-0.1, -0.05) is 0 Å². The second-order valence-electron chi connectivity index (χ2n) is 7.88. The first-order valence-corrected chi connectivity index (χ1v) is 10.3. The van der Waals surface area contributed by atoms with E-state index in [0.717, 1.165) is 62.1 Å². The summed E-state index contributed by atoms with van der Waals surface area (Å²) in [5, 5.41) is 9.19. The molecule has 27 heavy (non-hydrogen) atoms. The van der Waals surface area contributed by atoms with Crippen molar-refractivity contribution in [2.45, 2.75) is 65.5 Å². The molecule has 7 heteroatoms. The molecule has 7 nitrogen and oxygen atoms in total. The monoisotopic (exact) mass is 369 g/mol. The van der Waals surface area contributed by atoms with Crippen molar-refractivity contribution in [2.24, 2.45) is 0 Å². The van der Waals surface area contributed by atoms with Crippen LogP contribution in [0.25, 0.3) is 0 Å². The number of rotatable bonds is 5. The van der Waals surface area contributed by atoms with Gasteiger partial charge in [0.05, 0.1) is 17.9 Å². The maximum atomic E-state index is 4.71. The minimum Gasteiger partial charge on any atom is -0.355 e. The molecule has 2 fully saturated rings. The summed E-state index contributed by atoms with van der Waals surface area (Å²) >= 11 is 0. The molecule has 2 aliphatic heterocycles. The lowest BCUT2D eigenvalue weighted by atomic mass is 9.95. The number of nitrogens with zero attached hydrogens (tertiary/aromatic N) is 7. The highest BCUT2D eigenvalue weighted by molar-refractivity contribution is 5.43. The second kappa shape index (κ2) is 7.92. The number of hydrogen-bond donors (Lipinski definition) is 0. The van der Waals surface area contributed by atoms with E-state index in [1.807, 2.05) is 20.0 Å². The standard InChI is InChI=1S/C20H31N7/c1-4-27-18(14-25-9-5-6-10-25)23-24-20(27)17-7-11-26(12-8-17)19-16(3)21-13-15(2)22-19/h13,17H,4-12,14H2,1-3H3. The SMILES string of the molecule is CCn1c(CN2CCCC2)nnc1C1CCN(c2nc(C)cnc2C)CC1. The highest BCUT2D eigenvalue weighted by Crippen LogP contribution is 2.30. The van der Waals surface area contributed by atoms with Crippen molar-refractivity contribution in [3.05, 3.63) is 29.2 Å². The Bertz CT molecular complexity index is 771. The highest BCUT2D eigenvalue weighted by Gasteiger charge is 2.27. The predicted molar refractivity (Wildman–Crippen MR) is 106 cm³/mol. The summed E-state index contributed by atoms with van der Waals surface area (Å²) in [6.07, 6.45) is 6.66. The Morgan fingerprint density at radius 3 is 2.48 bits per heavy atom. The molecule has 0 saturated carbocycles. The zero-order valence-corrected chi connectivity index (χ0v) is 16.9. The van der Waals surface area contributed by atoms with Crippen molar-refractivity contribution >= 4 is 5.82 Å². The highest BCUT2D eigenvalue weighted by atomic mass is 15.3. The Morgan fingerprint density at radius 1 is 1.04 bits per heavy atom. The van der Waals surface area contributed by atoms with Gasteiger partial charge in [-0.3, -0.25) is 9.88 Å². The van der Waals surface area contributed by atoms with Crippen LogP contribution in [0.4, 0.5) is 5.82 Å². The maximum absolute atomic E-state index is 4.71. The van der Waals surface area contributed by atoms with Crippen LogP contribution in [0.15, 0.2) is 6.20 Å². The summed E-state index contributed by atoms with van der Waals surface area (Å²) in [4.78, 5) is 14.1. The van der Waals surface area contributed by atoms with Crippen molar-refractivity contribution in [1.29, 1.82) is 0 Å². The molecule has 0 aliphatic carbocycles.